The molecule has 1 atom stereocenters. The van der Waals surface area contributed by atoms with Gasteiger partial charge in [0.1, 0.15) is 0 Å². The topological polar surface area (TPSA) is 46.3 Å². The lowest BCUT2D eigenvalue weighted by Gasteiger charge is -2.11. The third kappa shape index (κ3) is 4.24. The van der Waals surface area contributed by atoms with Crippen LogP contribution in [0.25, 0.3) is 0 Å². The summed E-state index contributed by atoms with van der Waals surface area (Å²) < 4.78 is 0. The van der Waals surface area contributed by atoms with E-state index in [9.17, 15) is 4.79 Å². The fraction of sp³-hybridized carbons (Fsp3) is 0.800. The van der Waals surface area contributed by atoms with Gasteiger partial charge in [0.2, 0.25) is 5.91 Å². The molecule has 0 aliphatic carbocycles. The molecule has 0 aliphatic rings. The van der Waals surface area contributed by atoms with Crippen molar-refractivity contribution in [2.45, 2.75) is 13.0 Å². The molecule has 2 N–H and O–H groups in total. The van der Waals surface area contributed by atoms with E-state index in [0.717, 1.165) is 0 Å². The van der Waals surface area contributed by atoms with Crippen LogP contribution in [0.5, 0.6) is 0 Å². The second-order valence-electron chi connectivity index (χ2n) is 2.02. The van der Waals surface area contributed by atoms with Gasteiger partial charge in [-0.2, -0.15) is 0 Å². The van der Waals surface area contributed by atoms with Gasteiger partial charge in [-0.3, -0.25) is 4.79 Å². The smallest absolute Gasteiger partial charge is 0.238 e. The largest absolute Gasteiger partial charge is 0.347 e. The maximum atomic E-state index is 10.6. The Hall–Kier alpha value is -0.280. The van der Waals surface area contributed by atoms with Crippen molar-refractivity contribution < 1.29 is 4.79 Å². The second-order valence-corrected chi connectivity index (χ2v) is 2.02. The highest BCUT2D eigenvalue weighted by Gasteiger charge is 2.07. The lowest BCUT2D eigenvalue weighted by atomic mass is 10.3. The van der Waals surface area contributed by atoms with E-state index in [-0.39, 0.29) is 24.4 Å². The normalized spacial score (nSPS) is 11.6. The van der Waals surface area contributed by atoms with Gasteiger partial charge < -0.3 is 10.6 Å². The average molecular weight is 153 g/mol. The summed E-state index contributed by atoms with van der Waals surface area (Å²) in [6.07, 6.45) is 0. The first kappa shape index (κ1) is 11.5. The molecule has 0 bridgehead atoms. The minimum absolute atomic E-state index is 0. The number of halogens is 1. The van der Waals surface area contributed by atoms with Gasteiger partial charge in [0.25, 0.3) is 0 Å². The Bertz CT molecular complexity index is 83.0. The SMILES string of the molecule is C[C@@H](N)C(=O)N(C)C.Cl. The lowest BCUT2D eigenvalue weighted by Crippen LogP contribution is -2.37. The summed E-state index contributed by atoms with van der Waals surface area (Å²) in [5.41, 5.74) is 5.25. The van der Waals surface area contributed by atoms with Crippen LogP contribution >= 0.6 is 12.4 Å². The average Bonchev–Trinajstić information content (AvgIpc) is 1.64. The summed E-state index contributed by atoms with van der Waals surface area (Å²) in [5, 5.41) is 0. The summed E-state index contributed by atoms with van der Waals surface area (Å²) in [4.78, 5) is 12.1. The molecule has 4 heteroatoms. The van der Waals surface area contributed by atoms with E-state index in [1.165, 1.54) is 4.90 Å². The minimum Gasteiger partial charge on any atom is -0.347 e. The van der Waals surface area contributed by atoms with Crippen molar-refractivity contribution in [1.82, 2.24) is 4.90 Å². The Morgan fingerprint density at radius 2 is 1.89 bits per heavy atom. The van der Waals surface area contributed by atoms with Crippen molar-refractivity contribution in [3.8, 4) is 0 Å². The van der Waals surface area contributed by atoms with Crippen LogP contribution in [0.15, 0.2) is 0 Å². The molecule has 0 saturated heterocycles. The molecule has 0 aromatic rings. The third-order valence-corrected chi connectivity index (χ3v) is 0.830. The number of rotatable bonds is 1. The van der Waals surface area contributed by atoms with Crippen LogP contribution in [0.2, 0.25) is 0 Å². The predicted octanol–water partition coefficient (Wildman–Crippen LogP) is -0.156. The molecule has 0 fully saturated rings. The fourth-order valence-corrected chi connectivity index (χ4v) is 0.407. The molecule has 0 radical (unpaired) electrons. The van der Waals surface area contributed by atoms with Gasteiger partial charge >= 0.3 is 0 Å². The number of carbonyl (C=O) groups excluding carboxylic acids is 1. The Kier molecular flexibility index (Phi) is 5.86. The zero-order valence-electron chi connectivity index (χ0n) is 5.92. The molecule has 0 unspecified atom stereocenters. The first-order valence-corrected chi connectivity index (χ1v) is 2.52. The Morgan fingerprint density at radius 1 is 1.56 bits per heavy atom. The number of hydrogen-bond acceptors (Lipinski definition) is 2. The van der Waals surface area contributed by atoms with E-state index in [1.54, 1.807) is 21.0 Å². The summed E-state index contributed by atoms with van der Waals surface area (Å²) in [6.45, 7) is 1.67. The maximum absolute atomic E-state index is 10.6. The van der Waals surface area contributed by atoms with E-state index in [1.807, 2.05) is 0 Å². The highest BCUT2D eigenvalue weighted by atomic mass is 35.5. The van der Waals surface area contributed by atoms with Crippen LogP contribution in [0.1, 0.15) is 6.92 Å². The van der Waals surface area contributed by atoms with Gasteiger partial charge in [0.05, 0.1) is 6.04 Å². The predicted molar refractivity (Wildman–Crippen MR) is 39.6 cm³/mol. The second kappa shape index (κ2) is 4.58. The fourth-order valence-electron chi connectivity index (χ4n) is 0.407. The van der Waals surface area contributed by atoms with Crippen molar-refractivity contribution in [1.29, 1.82) is 0 Å². The van der Waals surface area contributed by atoms with Crippen LogP contribution in [0.3, 0.4) is 0 Å². The molecular formula is C5H13ClN2O. The molecule has 56 valence electrons. The number of carbonyl (C=O) groups is 1. The van der Waals surface area contributed by atoms with Crippen LogP contribution in [-0.2, 0) is 4.79 Å². The van der Waals surface area contributed by atoms with Crippen LogP contribution in [-0.4, -0.2) is 30.9 Å². The van der Waals surface area contributed by atoms with Gasteiger partial charge in [0, 0.05) is 14.1 Å². The lowest BCUT2D eigenvalue weighted by molar-refractivity contribution is -0.129. The van der Waals surface area contributed by atoms with Gasteiger partial charge in [-0.1, -0.05) is 0 Å². The van der Waals surface area contributed by atoms with Crippen LogP contribution < -0.4 is 5.73 Å². The highest BCUT2D eigenvalue weighted by Crippen LogP contribution is 1.81. The summed E-state index contributed by atoms with van der Waals surface area (Å²) in [7, 11) is 3.37. The van der Waals surface area contributed by atoms with Crippen LogP contribution in [0.4, 0.5) is 0 Å². The van der Waals surface area contributed by atoms with Gasteiger partial charge in [0.15, 0.2) is 0 Å². The molecule has 0 heterocycles. The summed E-state index contributed by atoms with van der Waals surface area (Å²) >= 11 is 0. The van der Waals surface area contributed by atoms with Gasteiger partial charge in [-0.25, -0.2) is 0 Å². The molecule has 0 spiro atoms. The Morgan fingerprint density at radius 3 is 1.89 bits per heavy atom. The van der Waals surface area contributed by atoms with Gasteiger partial charge in [-0.15, -0.1) is 12.4 Å². The maximum Gasteiger partial charge on any atom is 0.238 e. The molecule has 0 aromatic carbocycles. The molecule has 3 nitrogen and oxygen atoms in total. The monoisotopic (exact) mass is 152 g/mol. The van der Waals surface area contributed by atoms with Crippen molar-refractivity contribution >= 4 is 18.3 Å². The number of amides is 1. The van der Waals surface area contributed by atoms with Gasteiger partial charge in [-0.05, 0) is 6.92 Å². The summed E-state index contributed by atoms with van der Waals surface area (Å²) in [6, 6.07) is -0.370. The molecule has 0 rings (SSSR count). The minimum atomic E-state index is -0.370. The van der Waals surface area contributed by atoms with Crippen molar-refractivity contribution in [2.24, 2.45) is 5.73 Å². The first-order valence-electron chi connectivity index (χ1n) is 2.52. The van der Waals surface area contributed by atoms with E-state index in [4.69, 9.17) is 5.73 Å². The molecule has 0 aliphatic heterocycles. The van der Waals surface area contributed by atoms with E-state index in [0.29, 0.717) is 0 Å². The number of likely N-dealkylation sites (N-methyl/N-ethyl adjacent to an activating group) is 1. The molecule has 9 heavy (non-hydrogen) atoms. The standard InChI is InChI=1S/C5H12N2O.ClH/c1-4(6)5(8)7(2)3;/h4H,6H2,1-3H3;1H/t4-;/m1./s1. The first-order chi connectivity index (χ1) is 3.55. The van der Waals surface area contributed by atoms with Crippen LogP contribution in [0, 0.1) is 0 Å². The highest BCUT2D eigenvalue weighted by molar-refractivity contribution is 5.85. The third-order valence-electron chi connectivity index (χ3n) is 0.830. The van der Waals surface area contributed by atoms with Crippen molar-refractivity contribution in [3.63, 3.8) is 0 Å². The zero-order valence-corrected chi connectivity index (χ0v) is 6.73. The zero-order chi connectivity index (χ0) is 6.73. The molecular weight excluding hydrogens is 140 g/mol. The van der Waals surface area contributed by atoms with E-state index >= 15 is 0 Å². The van der Waals surface area contributed by atoms with Crippen molar-refractivity contribution in [2.75, 3.05) is 14.1 Å². The Balaban J connectivity index is 0. The molecule has 0 saturated carbocycles. The summed E-state index contributed by atoms with van der Waals surface area (Å²) in [5.74, 6) is -0.0370. The van der Waals surface area contributed by atoms with Crippen molar-refractivity contribution in [3.05, 3.63) is 0 Å². The Labute approximate surface area is 61.6 Å². The number of nitrogens with zero attached hydrogens (tertiary/aromatic N) is 1. The number of hydrogen-bond donors (Lipinski definition) is 1. The quantitative estimate of drug-likeness (QED) is 0.568. The molecule has 1 amide bonds. The molecule has 0 aromatic heterocycles. The van der Waals surface area contributed by atoms with E-state index in [2.05, 4.69) is 0 Å². The van der Waals surface area contributed by atoms with E-state index < -0.39 is 0 Å². The number of nitrogens with two attached hydrogens (primary N) is 1.